The molecule has 12 heavy (non-hydrogen) atoms. The Morgan fingerprint density at radius 1 is 0.917 bits per heavy atom. The van der Waals surface area contributed by atoms with Gasteiger partial charge in [-0.25, -0.2) is 5.26 Å². The Morgan fingerprint density at radius 3 is 1.75 bits per heavy atom. The molecular formula is H2O10S2. The van der Waals surface area contributed by atoms with Crippen LogP contribution in [0.4, 0.5) is 0 Å². The van der Waals surface area contributed by atoms with Crippen LogP contribution in [0.25, 0.3) is 0 Å². The van der Waals surface area contributed by atoms with Gasteiger partial charge in [-0.05, 0) is 0 Å². The van der Waals surface area contributed by atoms with Crippen molar-refractivity contribution < 1.29 is 44.7 Å². The predicted molar refractivity (Wildman–Crippen MR) is 27.4 cm³/mol. The van der Waals surface area contributed by atoms with Gasteiger partial charge in [0.2, 0.25) is 0 Å². The Hall–Kier alpha value is -0.340. The molecule has 0 fully saturated rings. The summed E-state index contributed by atoms with van der Waals surface area (Å²) in [7, 11) is -10.1. The summed E-state index contributed by atoms with van der Waals surface area (Å²) in [5.74, 6) is 0. The lowest BCUT2D eigenvalue weighted by Crippen LogP contribution is -2.13. The second-order valence-electron chi connectivity index (χ2n) is 1.11. The van der Waals surface area contributed by atoms with Crippen molar-refractivity contribution in [2.45, 2.75) is 0 Å². The summed E-state index contributed by atoms with van der Waals surface area (Å²) in [5.41, 5.74) is 0. The van der Waals surface area contributed by atoms with Crippen LogP contribution in [0.2, 0.25) is 0 Å². The number of hydrogen-bond donors (Lipinski definition) is 2. The molecule has 0 spiro atoms. The van der Waals surface area contributed by atoms with Gasteiger partial charge in [-0.2, -0.15) is 16.8 Å². The maximum Gasteiger partial charge on any atom is 0.456 e. The van der Waals surface area contributed by atoms with Crippen molar-refractivity contribution in [3.63, 3.8) is 0 Å². The van der Waals surface area contributed by atoms with Gasteiger partial charge < -0.3 is 0 Å². The van der Waals surface area contributed by atoms with Crippen molar-refractivity contribution in [2.75, 3.05) is 0 Å². The Kier molecular flexibility index (Phi) is 3.94. The zero-order valence-electron chi connectivity index (χ0n) is 4.98. The second kappa shape index (κ2) is 4.06. The molecule has 0 aliphatic carbocycles. The second-order valence-corrected chi connectivity index (χ2v) is 3.19. The van der Waals surface area contributed by atoms with E-state index in [2.05, 4.69) is 18.0 Å². The SMILES string of the molecule is O=S(=O)(O)OOS(=O)(=O)OOO. The smallest absolute Gasteiger partial charge is 0.262 e. The zero-order chi connectivity index (χ0) is 9.83. The average molecular weight is 226 g/mol. The molecule has 0 aromatic carbocycles. The highest BCUT2D eigenvalue weighted by Crippen LogP contribution is 1.99. The highest BCUT2D eigenvalue weighted by Gasteiger charge is 2.19. The van der Waals surface area contributed by atoms with E-state index in [1.807, 2.05) is 0 Å². The molecule has 0 aliphatic rings. The monoisotopic (exact) mass is 226 g/mol. The van der Waals surface area contributed by atoms with Gasteiger partial charge in [-0.1, -0.05) is 18.0 Å². The van der Waals surface area contributed by atoms with Gasteiger partial charge >= 0.3 is 20.8 Å². The molecule has 0 heterocycles. The van der Waals surface area contributed by atoms with Crippen LogP contribution in [0, 0.1) is 0 Å². The Labute approximate surface area is 66.3 Å². The van der Waals surface area contributed by atoms with Gasteiger partial charge in [-0.15, -0.1) is 0 Å². The molecule has 10 nitrogen and oxygen atoms in total. The van der Waals surface area contributed by atoms with Gasteiger partial charge in [0, 0.05) is 0 Å². The molecule has 0 saturated heterocycles. The fourth-order valence-electron chi connectivity index (χ4n) is 0.118. The highest BCUT2D eigenvalue weighted by molar-refractivity contribution is 7.83. The first kappa shape index (κ1) is 11.7. The Bertz CT molecular complexity index is 302. The van der Waals surface area contributed by atoms with E-state index in [9.17, 15) is 16.8 Å². The molecule has 0 unspecified atom stereocenters. The minimum absolute atomic E-state index is 2.60. The molecule has 0 amide bonds. The van der Waals surface area contributed by atoms with Gasteiger partial charge in [-0.3, -0.25) is 4.55 Å². The largest absolute Gasteiger partial charge is 0.456 e. The Balaban J connectivity index is 4.12. The maximum atomic E-state index is 10.0. The molecule has 0 aromatic rings. The topological polar surface area (TPSA) is 146 Å². The quantitative estimate of drug-likeness (QED) is 0.319. The fraction of sp³-hybridized carbons (Fsp3) is 0. The van der Waals surface area contributed by atoms with E-state index < -0.39 is 20.8 Å². The summed E-state index contributed by atoms with van der Waals surface area (Å²) in [6.45, 7) is 0. The lowest BCUT2D eigenvalue weighted by atomic mass is 14.6. The molecular weight excluding hydrogens is 224 g/mol. The minimum atomic E-state index is -5.09. The van der Waals surface area contributed by atoms with Crippen LogP contribution in [0.15, 0.2) is 0 Å². The van der Waals surface area contributed by atoms with E-state index in [1.54, 1.807) is 0 Å². The predicted octanol–water partition coefficient (Wildman–Crippen LogP) is -1.60. The van der Waals surface area contributed by atoms with Crippen LogP contribution < -0.4 is 0 Å². The van der Waals surface area contributed by atoms with E-state index in [1.165, 1.54) is 0 Å². The van der Waals surface area contributed by atoms with Crippen LogP contribution >= 0.6 is 0 Å². The molecule has 74 valence electrons. The van der Waals surface area contributed by atoms with Crippen molar-refractivity contribution >= 4 is 20.8 Å². The maximum absolute atomic E-state index is 10.0. The lowest BCUT2D eigenvalue weighted by Gasteiger charge is -1.96. The molecule has 12 heteroatoms. The molecule has 0 atom stereocenters. The van der Waals surface area contributed by atoms with Gasteiger partial charge in [0.25, 0.3) is 0 Å². The van der Waals surface area contributed by atoms with Gasteiger partial charge in [0.1, 0.15) is 0 Å². The van der Waals surface area contributed by atoms with Crippen LogP contribution in [0.5, 0.6) is 0 Å². The van der Waals surface area contributed by atoms with E-state index in [0.29, 0.717) is 0 Å². The third-order valence-corrected chi connectivity index (χ3v) is 1.10. The van der Waals surface area contributed by atoms with E-state index >= 15 is 0 Å². The van der Waals surface area contributed by atoms with Crippen molar-refractivity contribution in [1.29, 1.82) is 0 Å². The van der Waals surface area contributed by atoms with Crippen LogP contribution in [0.1, 0.15) is 0 Å². The van der Waals surface area contributed by atoms with E-state index in [0.717, 1.165) is 0 Å². The molecule has 0 radical (unpaired) electrons. The Morgan fingerprint density at radius 2 is 1.42 bits per heavy atom. The number of rotatable bonds is 5. The molecule has 0 aromatic heterocycles. The third kappa shape index (κ3) is 6.38. The van der Waals surface area contributed by atoms with Crippen LogP contribution in [0.3, 0.4) is 0 Å². The standard InChI is InChI=1S/H2O10S2/c1-7-8-12(5,6)10-9-11(2,3)4/h1H,(H,2,3,4). The summed E-state index contributed by atoms with van der Waals surface area (Å²) in [6, 6.07) is 0. The fourth-order valence-corrected chi connectivity index (χ4v) is 0.768. The number of hydrogen-bond acceptors (Lipinski definition) is 9. The molecule has 0 aliphatic heterocycles. The average Bonchev–Trinajstić information content (AvgIpc) is 1.83. The third-order valence-electron chi connectivity index (χ3n) is 0.311. The van der Waals surface area contributed by atoms with Crippen LogP contribution in [-0.2, 0) is 38.8 Å². The summed E-state index contributed by atoms with van der Waals surface area (Å²) >= 11 is 0. The first-order valence-electron chi connectivity index (χ1n) is 1.87. The van der Waals surface area contributed by atoms with E-state index in [-0.39, 0.29) is 0 Å². The molecule has 0 bridgehead atoms. The summed E-state index contributed by atoms with van der Waals surface area (Å²) in [5, 5.41) is 9.98. The highest BCUT2D eigenvalue weighted by atomic mass is 32.3. The summed E-state index contributed by atoms with van der Waals surface area (Å²) in [6.07, 6.45) is 0. The zero-order valence-corrected chi connectivity index (χ0v) is 6.61. The van der Waals surface area contributed by atoms with E-state index in [4.69, 9.17) is 9.81 Å². The first-order valence-corrected chi connectivity index (χ1v) is 4.56. The van der Waals surface area contributed by atoms with Gasteiger partial charge in [0.15, 0.2) is 0 Å². The molecule has 2 N–H and O–H groups in total. The first-order chi connectivity index (χ1) is 5.27. The van der Waals surface area contributed by atoms with Gasteiger partial charge in [0.05, 0.1) is 0 Å². The van der Waals surface area contributed by atoms with Crippen molar-refractivity contribution in [1.82, 2.24) is 0 Å². The molecule has 0 saturated carbocycles. The van der Waals surface area contributed by atoms with Crippen LogP contribution in [-0.4, -0.2) is 26.6 Å². The lowest BCUT2D eigenvalue weighted by molar-refractivity contribution is -0.442. The van der Waals surface area contributed by atoms with Crippen molar-refractivity contribution in [2.24, 2.45) is 0 Å². The summed E-state index contributed by atoms with van der Waals surface area (Å²) in [4.78, 5) is 0. The normalized spacial score (nSPS) is 13.2. The molecule has 0 rings (SSSR count). The minimum Gasteiger partial charge on any atom is -0.262 e. The van der Waals surface area contributed by atoms with Crippen molar-refractivity contribution in [3.8, 4) is 0 Å². The van der Waals surface area contributed by atoms with Crippen molar-refractivity contribution in [3.05, 3.63) is 0 Å². The summed E-state index contributed by atoms with van der Waals surface area (Å²) < 4.78 is 55.9.